The van der Waals surface area contributed by atoms with Crippen LogP contribution < -0.4 is 11.5 Å². The Labute approximate surface area is 103 Å². The van der Waals surface area contributed by atoms with Crippen molar-refractivity contribution in [2.75, 3.05) is 5.73 Å². The molecule has 0 aliphatic carbocycles. The van der Waals surface area contributed by atoms with Gasteiger partial charge >= 0.3 is 0 Å². The van der Waals surface area contributed by atoms with E-state index in [1.165, 1.54) is 0 Å². The maximum atomic E-state index is 11.2. The molecule has 6 heteroatoms. The normalized spacial score (nSPS) is 10.4. The molecule has 0 unspecified atom stereocenters. The van der Waals surface area contributed by atoms with Crippen molar-refractivity contribution in [1.29, 1.82) is 0 Å². The van der Waals surface area contributed by atoms with Gasteiger partial charge in [-0.3, -0.25) is 9.89 Å². The largest absolute Gasteiger partial charge is 0.382 e. The number of aromatic amines is 1. The molecule has 2 rings (SSSR count). The van der Waals surface area contributed by atoms with Crippen LogP contribution in [0.3, 0.4) is 0 Å². The third-order valence-corrected chi connectivity index (χ3v) is 2.62. The lowest BCUT2D eigenvalue weighted by Gasteiger charge is -2.01. The fourth-order valence-corrected chi connectivity index (χ4v) is 1.86. The summed E-state index contributed by atoms with van der Waals surface area (Å²) >= 11 is 5.88. The summed E-state index contributed by atoms with van der Waals surface area (Å²) < 4.78 is 0. The van der Waals surface area contributed by atoms with Gasteiger partial charge in [0, 0.05) is 11.4 Å². The molecule has 0 fully saturated rings. The predicted molar refractivity (Wildman–Crippen MR) is 65.8 cm³/mol. The molecule has 0 radical (unpaired) electrons. The highest BCUT2D eigenvalue weighted by Gasteiger charge is 2.16. The Balaban J connectivity index is 2.33. The highest BCUT2D eigenvalue weighted by atomic mass is 35.5. The Hall–Kier alpha value is -2.01. The minimum absolute atomic E-state index is 0.120. The average molecular weight is 251 g/mol. The molecule has 0 saturated carbocycles. The lowest BCUT2D eigenvalue weighted by molar-refractivity contribution is 0.100. The second kappa shape index (κ2) is 4.47. The number of H-pyrrole nitrogens is 1. The van der Waals surface area contributed by atoms with Crippen molar-refractivity contribution >= 4 is 23.3 Å². The number of halogens is 1. The fourth-order valence-electron chi connectivity index (χ4n) is 1.65. The van der Waals surface area contributed by atoms with Crippen molar-refractivity contribution in [3.63, 3.8) is 0 Å². The van der Waals surface area contributed by atoms with Crippen LogP contribution in [-0.4, -0.2) is 16.1 Å². The summed E-state index contributed by atoms with van der Waals surface area (Å²) in [6.07, 6.45) is 0.475. The number of rotatable bonds is 3. The summed E-state index contributed by atoms with van der Waals surface area (Å²) in [5.41, 5.74) is 12.6. The number of nitrogens with one attached hydrogen (secondary N) is 1. The number of nitrogens with zero attached hydrogens (tertiary/aromatic N) is 1. The van der Waals surface area contributed by atoms with Gasteiger partial charge in [-0.05, 0) is 17.7 Å². The Bertz CT molecular complexity index is 564. The minimum Gasteiger partial charge on any atom is -0.382 e. The zero-order valence-electron chi connectivity index (χ0n) is 8.90. The molecule has 1 amide bonds. The summed E-state index contributed by atoms with van der Waals surface area (Å²) in [4.78, 5) is 11.2. The molecule has 1 heterocycles. The molecule has 5 nitrogen and oxygen atoms in total. The van der Waals surface area contributed by atoms with E-state index in [0.29, 0.717) is 17.1 Å². The fraction of sp³-hybridized carbons (Fsp3) is 0.0909. The number of benzene rings is 1. The van der Waals surface area contributed by atoms with Gasteiger partial charge in [0.25, 0.3) is 5.91 Å². The standard InChI is InChI=1S/C11H11ClN4O/c12-7-3-1-2-6(4-7)5-8-9(11(14)17)10(13)16-15-8/h1-4H,5H2,(H2,14,17)(H3,13,15,16). The Morgan fingerprint density at radius 1 is 1.47 bits per heavy atom. The maximum absolute atomic E-state index is 11.2. The van der Waals surface area contributed by atoms with Gasteiger partial charge in [-0.15, -0.1) is 0 Å². The summed E-state index contributed by atoms with van der Waals surface area (Å²) in [6, 6.07) is 7.32. The first kappa shape index (κ1) is 11.5. The van der Waals surface area contributed by atoms with E-state index in [0.717, 1.165) is 5.56 Å². The molecule has 0 atom stereocenters. The summed E-state index contributed by atoms with van der Waals surface area (Å²) in [5, 5.41) is 7.11. The molecule has 0 aliphatic heterocycles. The Morgan fingerprint density at radius 2 is 2.24 bits per heavy atom. The van der Waals surface area contributed by atoms with E-state index >= 15 is 0 Å². The number of anilines is 1. The molecule has 1 aromatic carbocycles. The topological polar surface area (TPSA) is 97.8 Å². The number of amides is 1. The summed E-state index contributed by atoms with van der Waals surface area (Å²) in [7, 11) is 0. The predicted octanol–water partition coefficient (Wildman–Crippen LogP) is 1.33. The van der Waals surface area contributed by atoms with E-state index in [1.54, 1.807) is 6.07 Å². The average Bonchev–Trinajstić information content (AvgIpc) is 2.59. The maximum Gasteiger partial charge on any atom is 0.254 e. The number of hydrogen-bond donors (Lipinski definition) is 3. The van der Waals surface area contributed by atoms with Gasteiger partial charge in [-0.1, -0.05) is 23.7 Å². The third kappa shape index (κ3) is 2.39. The van der Waals surface area contributed by atoms with Gasteiger partial charge in [0.15, 0.2) is 5.82 Å². The number of carbonyl (C=O) groups excluding carboxylic acids is 1. The SMILES string of the molecule is NC(=O)c1c(N)n[nH]c1Cc1cccc(Cl)c1. The van der Waals surface area contributed by atoms with Crippen molar-refractivity contribution in [2.24, 2.45) is 5.73 Å². The molecule has 0 spiro atoms. The van der Waals surface area contributed by atoms with Crippen LogP contribution in [0.5, 0.6) is 0 Å². The Kier molecular flexibility index (Phi) is 3.01. The van der Waals surface area contributed by atoms with E-state index in [4.69, 9.17) is 23.1 Å². The van der Waals surface area contributed by atoms with Gasteiger partial charge in [0.05, 0.1) is 5.69 Å². The van der Waals surface area contributed by atoms with Gasteiger partial charge in [-0.25, -0.2) is 0 Å². The molecular weight excluding hydrogens is 240 g/mol. The molecule has 5 N–H and O–H groups in total. The van der Waals surface area contributed by atoms with Crippen molar-refractivity contribution in [3.8, 4) is 0 Å². The minimum atomic E-state index is -0.590. The van der Waals surface area contributed by atoms with E-state index in [2.05, 4.69) is 10.2 Å². The van der Waals surface area contributed by atoms with E-state index in [1.807, 2.05) is 18.2 Å². The highest BCUT2D eigenvalue weighted by Crippen LogP contribution is 2.18. The van der Waals surface area contributed by atoms with Crippen molar-refractivity contribution < 1.29 is 4.79 Å². The van der Waals surface area contributed by atoms with Crippen molar-refractivity contribution in [2.45, 2.75) is 6.42 Å². The van der Waals surface area contributed by atoms with E-state index in [-0.39, 0.29) is 11.4 Å². The lowest BCUT2D eigenvalue weighted by atomic mass is 10.1. The first-order chi connectivity index (χ1) is 8.08. The van der Waals surface area contributed by atoms with Crippen LogP contribution >= 0.6 is 11.6 Å². The van der Waals surface area contributed by atoms with Gasteiger partial charge in [0.2, 0.25) is 0 Å². The number of primary amides is 1. The first-order valence-corrected chi connectivity index (χ1v) is 5.32. The molecule has 1 aromatic heterocycles. The van der Waals surface area contributed by atoms with Crippen LogP contribution in [0.15, 0.2) is 24.3 Å². The third-order valence-electron chi connectivity index (χ3n) is 2.39. The van der Waals surface area contributed by atoms with Crippen LogP contribution in [0, 0.1) is 0 Å². The number of nitrogen functional groups attached to an aromatic ring is 1. The van der Waals surface area contributed by atoms with Crippen LogP contribution in [0.4, 0.5) is 5.82 Å². The molecule has 0 aliphatic rings. The number of hydrogen-bond acceptors (Lipinski definition) is 3. The molecule has 0 saturated heterocycles. The van der Waals surface area contributed by atoms with E-state index < -0.39 is 5.91 Å². The van der Waals surface area contributed by atoms with Gasteiger partial charge < -0.3 is 11.5 Å². The molecule has 2 aromatic rings. The van der Waals surface area contributed by atoms with Crippen LogP contribution in [0.25, 0.3) is 0 Å². The van der Waals surface area contributed by atoms with Crippen LogP contribution in [0.2, 0.25) is 5.02 Å². The molecule has 88 valence electrons. The zero-order chi connectivity index (χ0) is 12.4. The monoisotopic (exact) mass is 250 g/mol. The van der Waals surface area contributed by atoms with Crippen LogP contribution in [-0.2, 0) is 6.42 Å². The van der Waals surface area contributed by atoms with Crippen molar-refractivity contribution in [3.05, 3.63) is 46.1 Å². The number of aromatic nitrogens is 2. The summed E-state index contributed by atoms with van der Waals surface area (Å²) in [6.45, 7) is 0. The lowest BCUT2D eigenvalue weighted by Crippen LogP contribution is -2.14. The van der Waals surface area contributed by atoms with Crippen LogP contribution in [0.1, 0.15) is 21.6 Å². The number of carbonyl (C=O) groups is 1. The van der Waals surface area contributed by atoms with Crippen molar-refractivity contribution in [1.82, 2.24) is 10.2 Å². The first-order valence-electron chi connectivity index (χ1n) is 4.95. The summed E-state index contributed by atoms with van der Waals surface area (Å²) in [5.74, 6) is -0.470. The highest BCUT2D eigenvalue weighted by molar-refractivity contribution is 6.30. The smallest absolute Gasteiger partial charge is 0.254 e. The number of nitrogens with two attached hydrogens (primary N) is 2. The van der Waals surface area contributed by atoms with E-state index in [9.17, 15) is 4.79 Å². The van der Waals surface area contributed by atoms with Gasteiger partial charge in [-0.2, -0.15) is 5.10 Å². The second-order valence-corrected chi connectivity index (χ2v) is 4.07. The second-order valence-electron chi connectivity index (χ2n) is 3.63. The zero-order valence-corrected chi connectivity index (χ0v) is 9.66. The van der Waals surface area contributed by atoms with Gasteiger partial charge in [0.1, 0.15) is 5.56 Å². The quantitative estimate of drug-likeness (QED) is 0.767. The molecule has 17 heavy (non-hydrogen) atoms. The molecular formula is C11H11ClN4O. The Morgan fingerprint density at radius 3 is 2.88 bits per heavy atom. The molecule has 0 bridgehead atoms.